The fraction of sp³-hybridized carbons (Fsp3) is 0.167. The number of carbonyl (C=O) groups excluding carboxylic acids is 2. The molecule has 0 unspecified atom stereocenters. The van der Waals surface area contributed by atoms with Crippen molar-refractivity contribution in [1.82, 2.24) is 8.75 Å². The van der Waals surface area contributed by atoms with E-state index in [1.54, 1.807) is 43.3 Å². The topological polar surface area (TPSA) is 90.4 Å². The van der Waals surface area contributed by atoms with Crippen molar-refractivity contribution in [2.24, 2.45) is 0 Å². The highest BCUT2D eigenvalue weighted by Crippen LogP contribution is 2.37. The number of anilines is 1. The molecule has 0 radical (unpaired) electrons. The second-order valence-corrected chi connectivity index (χ2v) is 8.99. The molecular formula is C24H20ClN3O4S2. The first-order valence-corrected chi connectivity index (χ1v) is 12.3. The monoisotopic (exact) mass is 513 g/mol. The van der Waals surface area contributed by atoms with Crippen LogP contribution in [0.4, 0.5) is 5.00 Å². The van der Waals surface area contributed by atoms with Crippen LogP contribution in [0.1, 0.15) is 39.0 Å². The van der Waals surface area contributed by atoms with Gasteiger partial charge >= 0.3 is 5.97 Å². The molecule has 0 fully saturated rings. The molecule has 7 nitrogen and oxygen atoms in total. The third kappa shape index (κ3) is 5.44. The zero-order chi connectivity index (χ0) is 24.1. The van der Waals surface area contributed by atoms with Gasteiger partial charge in [-0.05, 0) is 49.7 Å². The van der Waals surface area contributed by atoms with E-state index in [0.29, 0.717) is 32.5 Å². The molecule has 0 atom stereocenters. The van der Waals surface area contributed by atoms with E-state index in [9.17, 15) is 9.59 Å². The van der Waals surface area contributed by atoms with Crippen molar-refractivity contribution in [3.05, 3.63) is 81.4 Å². The molecule has 4 aromatic rings. The van der Waals surface area contributed by atoms with Crippen molar-refractivity contribution < 1.29 is 19.1 Å². The average Bonchev–Trinajstić information content (AvgIpc) is 3.44. The first-order chi connectivity index (χ1) is 16.5. The Hall–Kier alpha value is -3.27. The maximum atomic E-state index is 13.0. The number of hydrogen-bond donors (Lipinski definition) is 1. The maximum absolute atomic E-state index is 13.0. The molecule has 0 spiro atoms. The predicted molar refractivity (Wildman–Crippen MR) is 134 cm³/mol. The highest BCUT2D eigenvalue weighted by Gasteiger charge is 2.23. The van der Waals surface area contributed by atoms with Crippen LogP contribution in [0, 0.1) is 6.92 Å². The van der Waals surface area contributed by atoms with E-state index in [-0.39, 0.29) is 19.1 Å². The maximum Gasteiger partial charge on any atom is 0.341 e. The summed E-state index contributed by atoms with van der Waals surface area (Å²) in [4.78, 5) is 25.8. The highest BCUT2D eigenvalue weighted by molar-refractivity contribution is 7.15. The molecule has 4 rings (SSSR count). The van der Waals surface area contributed by atoms with E-state index in [1.807, 2.05) is 24.4 Å². The number of nitrogens with zero attached hydrogens (tertiary/aromatic N) is 2. The molecule has 0 saturated carbocycles. The number of esters is 1. The molecule has 174 valence electrons. The number of thiophene rings is 1. The lowest BCUT2D eigenvalue weighted by Gasteiger charge is -2.10. The number of hydrogen-bond acceptors (Lipinski definition) is 8. The molecule has 2 aromatic heterocycles. The summed E-state index contributed by atoms with van der Waals surface area (Å²) in [6.45, 7) is 4.08. The van der Waals surface area contributed by atoms with Crippen LogP contribution in [-0.4, -0.2) is 27.2 Å². The lowest BCUT2D eigenvalue weighted by atomic mass is 10.0. The number of ether oxygens (including phenoxy) is 2. The van der Waals surface area contributed by atoms with Gasteiger partial charge < -0.3 is 14.8 Å². The molecule has 1 N–H and O–H groups in total. The smallest absolute Gasteiger partial charge is 0.341 e. The van der Waals surface area contributed by atoms with E-state index in [0.717, 1.165) is 28.7 Å². The van der Waals surface area contributed by atoms with Crippen molar-refractivity contribution in [2.75, 3.05) is 11.9 Å². The summed E-state index contributed by atoms with van der Waals surface area (Å²) in [5.41, 5.74) is 3.74. The van der Waals surface area contributed by atoms with Crippen LogP contribution in [0.25, 0.3) is 11.1 Å². The van der Waals surface area contributed by atoms with Gasteiger partial charge in [0.15, 0.2) is 0 Å². The third-order valence-corrected chi connectivity index (χ3v) is 6.68. The van der Waals surface area contributed by atoms with Crippen LogP contribution >= 0.6 is 34.7 Å². The van der Waals surface area contributed by atoms with Crippen LogP contribution in [0.15, 0.2) is 53.9 Å². The fourth-order valence-electron chi connectivity index (χ4n) is 3.13. The van der Waals surface area contributed by atoms with Gasteiger partial charge in [-0.15, -0.1) is 11.3 Å². The number of aromatic nitrogens is 2. The molecule has 0 aliphatic rings. The van der Waals surface area contributed by atoms with Gasteiger partial charge in [-0.3, -0.25) is 4.79 Å². The van der Waals surface area contributed by atoms with Crippen molar-refractivity contribution in [3.63, 3.8) is 0 Å². The van der Waals surface area contributed by atoms with E-state index >= 15 is 0 Å². The quantitative estimate of drug-likeness (QED) is 0.280. The minimum atomic E-state index is -0.506. The van der Waals surface area contributed by atoms with Gasteiger partial charge in [0, 0.05) is 21.5 Å². The van der Waals surface area contributed by atoms with Gasteiger partial charge in [-0.25, -0.2) is 4.79 Å². The number of benzene rings is 2. The van der Waals surface area contributed by atoms with E-state index in [4.69, 9.17) is 21.1 Å². The Morgan fingerprint density at radius 3 is 2.62 bits per heavy atom. The second-order valence-electron chi connectivity index (χ2n) is 7.15. The number of nitrogens with one attached hydrogen (secondary N) is 1. The number of aryl methyl sites for hydroxylation is 1. The minimum absolute atomic E-state index is 0.218. The van der Waals surface area contributed by atoms with Crippen molar-refractivity contribution >= 4 is 51.5 Å². The Morgan fingerprint density at radius 2 is 1.91 bits per heavy atom. The molecule has 2 heterocycles. The number of amides is 1. The van der Waals surface area contributed by atoms with Crippen LogP contribution in [0.3, 0.4) is 0 Å². The average molecular weight is 514 g/mol. The molecule has 34 heavy (non-hydrogen) atoms. The highest BCUT2D eigenvalue weighted by atomic mass is 35.5. The standard InChI is InChI=1S/C24H20ClN3O4S2/c1-3-31-24(30)21-19(15-7-9-17(25)10-8-15)13-33-23(21)26-22(29)16-5-4-6-18(11-16)32-12-20-14(2)27-34-28-20/h4-11,13H,3,12H2,1-2H3,(H,26,29). The van der Waals surface area contributed by atoms with Crippen molar-refractivity contribution in [3.8, 4) is 16.9 Å². The SMILES string of the molecule is CCOC(=O)c1c(-c2ccc(Cl)cc2)csc1NC(=O)c1cccc(OCc2nsnc2C)c1. The summed E-state index contributed by atoms with van der Waals surface area (Å²) >= 11 is 8.39. The normalized spacial score (nSPS) is 10.7. The third-order valence-electron chi connectivity index (χ3n) is 4.87. The van der Waals surface area contributed by atoms with Crippen molar-refractivity contribution in [2.45, 2.75) is 20.5 Å². The Morgan fingerprint density at radius 1 is 1.12 bits per heavy atom. The predicted octanol–water partition coefficient (Wildman–Crippen LogP) is 6.24. The minimum Gasteiger partial charge on any atom is -0.487 e. The summed E-state index contributed by atoms with van der Waals surface area (Å²) < 4.78 is 19.4. The van der Waals surface area contributed by atoms with Gasteiger partial charge in [-0.1, -0.05) is 29.8 Å². The van der Waals surface area contributed by atoms with E-state index < -0.39 is 5.97 Å². The van der Waals surface area contributed by atoms with Gasteiger partial charge in [0.05, 0.1) is 24.0 Å². The zero-order valence-electron chi connectivity index (χ0n) is 18.3. The summed E-state index contributed by atoms with van der Waals surface area (Å²) in [6.07, 6.45) is 0. The van der Waals surface area contributed by atoms with Crippen LogP contribution < -0.4 is 10.1 Å². The Kier molecular flexibility index (Phi) is 7.56. The molecule has 0 aliphatic carbocycles. The first-order valence-electron chi connectivity index (χ1n) is 10.3. The molecule has 1 amide bonds. The lowest BCUT2D eigenvalue weighted by molar-refractivity contribution is 0.0529. The molecular weight excluding hydrogens is 494 g/mol. The zero-order valence-corrected chi connectivity index (χ0v) is 20.7. The number of halogens is 1. The van der Waals surface area contributed by atoms with Crippen LogP contribution in [0.5, 0.6) is 5.75 Å². The van der Waals surface area contributed by atoms with Gasteiger partial charge in [0.2, 0.25) is 0 Å². The van der Waals surface area contributed by atoms with E-state index in [1.165, 1.54) is 11.3 Å². The van der Waals surface area contributed by atoms with E-state index in [2.05, 4.69) is 14.1 Å². The van der Waals surface area contributed by atoms with Crippen LogP contribution in [0.2, 0.25) is 5.02 Å². The van der Waals surface area contributed by atoms with Crippen molar-refractivity contribution in [1.29, 1.82) is 0 Å². The van der Waals surface area contributed by atoms with Gasteiger partial charge in [0.25, 0.3) is 5.91 Å². The molecule has 0 aliphatic heterocycles. The molecule has 2 aromatic carbocycles. The first kappa shape index (κ1) is 23.9. The summed E-state index contributed by atoms with van der Waals surface area (Å²) in [5, 5.41) is 5.66. The Bertz CT molecular complexity index is 1320. The van der Waals surface area contributed by atoms with Gasteiger partial charge in [0.1, 0.15) is 28.6 Å². The second kappa shape index (κ2) is 10.8. The summed E-state index contributed by atoms with van der Waals surface area (Å²) in [7, 11) is 0. The molecule has 0 bridgehead atoms. The summed E-state index contributed by atoms with van der Waals surface area (Å²) in [5.74, 6) is -0.348. The number of rotatable bonds is 8. The summed E-state index contributed by atoms with van der Waals surface area (Å²) in [6, 6.07) is 13.9. The fourth-order valence-corrected chi connectivity index (χ4v) is 4.76. The lowest BCUT2D eigenvalue weighted by Crippen LogP contribution is -2.15. The van der Waals surface area contributed by atoms with Gasteiger partial charge in [-0.2, -0.15) is 8.75 Å². The molecule has 10 heteroatoms. The Labute approximate surface area is 209 Å². The molecule has 0 saturated heterocycles. The van der Waals surface area contributed by atoms with Crippen LogP contribution in [-0.2, 0) is 11.3 Å². The largest absolute Gasteiger partial charge is 0.487 e. The Balaban J connectivity index is 1.56. The number of carbonyl (C=O) groups is 2.